The number of aryl methyl sites for hydroxylation is 1. The number of nitrogens with zero attached hydrogens (tertiary/aromatic N) is 6. The molecule has 0 spiro atoms. The molecule has 0 unspecified atom stereocenters. The molecule has 49 heavy (non-hydrogen) atoms. The van der Waals surface area contributed by atoms with Crippen molar-refractivity contribution in [2.45, 2.75) is 51.1 Å². The number of carbonyl (C=O) groups excluding carboxylic acids is 1. The number of halogens is 2. The van der Waals surface area contributed by atoms with Crippen LogP contribution in [0.2, 0.25) is 10.0 Å². The van der Waals surface area contributed by atoms with Crippen molar-refractivity contribution in [1.82, 2.24) is 40.5 Å². The highest BCUT2D eigenvalue weighted by Gasteiger charge is 2.22. The van der Waals surface area contributed by atoms with Crippen molar-refractivity contribution < 1.29 is 14.3 Å². The maximum Gasteiger partial charge on any atom is 0.237 e. The van der Waals surface area contributed by atoms with Crippen molar-refractivity contribution in [2.24, 2.45) is 0 Å². The van der Waals surface area contributed by atoms with E-state index in [1.165, 1.54) is 6.33 Å². The first-order chi connectivity index (χ1) is 23.9. The molecule has 4 heterocycles. The Morgan fingerprint density at radius 2 is 1.41 bits per heavy atom. The van der Waals surface area contributed by atoms with E-state index in [0.717, 1.165) is 54.6 Å². The minimum Gasteiger partial charge on any atom is -0.480 e. The summed E-state index contributed by atoms with van der Waals surface area (Å²) in [5, 5.41) is 7.35. The molecule has 1 fully saturated rings. The van der Waals surface area contributed by atoms with Crippen LogP contribution in [-0.4, -0.2) is 62.6 Å². The van der Waals surface area contributed by atoms with Gasteiger partial charge in [-0.1, -0.05) is 59.6 Å². The van der Waals surface area contributed by atoms with E-state index in [4.69, 9.17) is 42.6 Å². The number of methoxy groups -OCH3 is 2. The second kappa shape index (κ2) is 16.1. The van der Waals surface area contributed by atoms with Crippen molar-refractivity contribution in [2.75, 3.05) is 20.8 Å². The Morgan fingerprint density at radius 1 is 0.816 bits per heavy atom. The summed E-state index contributed by atoms with van der Waals surface area (Å²) in [5.41, 5.74) is 6.51. The zero-order valence-corrected chi connectivity index (χ0v) is 28.8. The lowest BCUT2D eigenvalue weighted by Gasteiger charge is -2.15. The highest BCUT2D eigenvalue weighted by Crippen LogP contribution is 2.42. The fraction of sp³-hybridized carbons (Fsp3) is 0.306. The molecule has 0 bridgehead atoms. The molecule has 11 nitrogen and oxygen atoms in total. The minimum absolute atomic E-state index is 0.123. The summed E-state index contributed by atoms with van der Waals surface area (Å²) in [7, 11) is 3.16. The Bertz CT molecular complexity index is 1930. The van der Waals surface area contributed by atoms with Gasteiger partial charge in [-0.15, -0.1) is 0 Å². The van der Waals surface area contributed by atoms with Crippen LogP contribution in [0.4, 0.5) is 0 Å². The molecule has 0 radical (unpaired) electrons. The maximum absolute atomic E-state index is 11.5. The Balaban J connectivity index is 1.19. The fourth-order valence-electron chi connectivity index (χ4n) is 5.86. The number of nitrogens with one attached hydrogen (secondary N) is 2. The highest BCUT2D eigenvalue weighted by molar-refractivity contribution is 6.39. The molecule has 1 atom stereocenters. The predicted molar refractivity (Wildman–Crippen MR) is 189 cm³/mol. The van der Waals surface area contributed by atoms with E-state index in [-0.39, 0.29) is 11.9 Å². The first kappa shape index (κ1) is 34.2. The molecule has 2 N–H and O–H groups in total. The van der Waals surface area contributed by atoms with Gasteiger partial charge in [0.25, 0.3) is 0 Å². The average molecular weight is 700 g/mol. The Morgan fingerprint density at radius 3 is 2.00 bits per heavy atom. The maximum atomic E-state index is 11.5. The van der Waals surface area contributed by atoms with Gasteiger partial charge in [-0.25, -0.2) is 19.9 Å². The summed E-state index contributed by atoms with van der Waals surface area (Å²) < 4.78 is 11.2. The highest BCUT2D eigenvalue weighted by atomic mass is 35.5. The number of ether oxygens (including phenoxy) is 2. The van der Waals surface area contributed by atoms with Gasteiger partial charge in [-0.05, 0) is 44.2 Å². The lowest BCUT2D eigenvalue weighted by Crippen LogP contribution is -2.25. The molecular formula is C36H36Cl2N8O3. The Hall–Kier alpha value is -4.71. The van der Waals surface area contributed by atoms with Gasteiger partial charge in [0, 0.05) is 53.7 Å². The Kier molecular flexibility index (Phi) is 11.2. The third kappa shape index (κ3) is 8.13. The van der Waals surface area contributed by atoms with Crippen molar-refractivity contribution in [1.29, 1.82) is 0 Å². The van der Waals surface area contributed by atoms with Crippen LogP contribution in [-0.2, 0) is 24.2 Å². The van der Waals surface area contributed by atoms with Gasteiger partial charge in [0.05, 0.1) is 48.0 Å². The number of aromatic nitrogens is 6. The molecule has 1 amide bonds. The van der Waals surface area contributed by atoms with Crippen LogP contribution in [0.25, 0.3) is 33.6 Å². The van der Waals surface area contributed by atoms with Gasteiger partial charge in [0.1, 0.15) is 17.7 Å². The summed E-state index contributed by atoms with van der Waals surface area (Å²) in [6.45, 7) is 1.20. The number of amides is 1. The third-order valence-electron chi connectivity index (χ3n) is 8.40. The summed E-state index contributed by atoms with van der Waals surface area (Å²) in [6.07, 6.45) is 13.2. The Labute approximate surface area is 294 Å². The first-order valence-electron chi connectivity index (χ1n) is 16.1. The zero-order chi connectivity index (χ0) is 34.2. The van der Waals surface area contributed by atoms with Crippen LogP contribution >= 0.6 is 23.2 Å². The smallest absolute Gasteiger partial charge is 0.237 e. The van der Waals surface area contributed by atoms with Gasteiger partial charge >= 0.3 is 0 Å². The van der Waals surface area contributed by atoms with Crippen LogP contribution in [0.5, 0.6) is 11.8 Å². The summed E-state index contributed by atoms with van der Waals surface area (Å²) in [6, 6.07) is 11.7. The van der Waals surface area contributed by atoms with Crippen LogP contribution in [0.15, 0.2) is 67.5 Å². The van der Waals surface area contributed by atoms with Gasteiger partial charge in [-0.3, -0.25) is 14.8 Å². The molecule has 2 aromatic carbocycles. The molecule has 6 rings (SSSR count). The molecule has 0 aliphatic carbocycles. The third-order valence-corrected chi connectivity index (χ3v) is 9.21. The van der Waals surface area contributed by atoms with Crippen LogP contribution < -0.4 is 20.1 Å². The quantitative estimate of drug-likeness (QED) is 0.127. The van der Waals surface area contributed by atoms with E-state index in [2.05, 4.69) is 30.6 Å². The van der Waals surface area contributed by atoms with Crippen LogP contribution in [0.3, 0.4) is 0 Å². The number of benzene rings is 2. The standard InChI is InChI=1S/C36H36Cl2N8O3/c1-48-35-28(11-3-6-23-12-13-32(47)44-23)42-19-29(45-35)26-9-4-7-24(33(26)37)25-8-5-10-27(34(25)38)30-20-43-31(36(46-30)49-2)18-39-15-14-22-16-40-21-41-17-22/h4-5,7-10,16-17,19-21,23,39H,3,6,11-15,18H2,1-2H3,(H,44,47)/t23-/m1/s1. The number of rotatable bonds is 14. The average Bonchev–Trinajstić information content (AvgIpc) is 3.55. The van der Waals surface area contributed by atoms with Gasteiger partial charge in [0.15, 0.2) is 0 Å². The van der Waals surface area contributed by atoms with E-state index in [9.17, 15) is 4.79 Å². The SMILES string of the molecule is COc1nc(-c2cccc(-c3cccc(-c4cnc(CNCCc5cncnc5)c(OC)n4)c3Cl)c2Cl)cnc1CCC[C@@H]1CCC(=O)N1. The summed E-state index contributed by atoms with van der Waals surface area (Å²) >= 11 is 14.1. The molecule has 0 saturated carbocycles. The summed E-state index contributed by atoms with van der Waals surface area (Å²) in [4.78, 5) is 38.5. The fourth-order valence-corrected chi connectivity index (χ4v) is 6.51. The lowest BCUT2D eigenvalue weighted by molar-refractivity contribution is -0.119. The number of carbonyl (C=O) groups is 1. The molecular weight excluding hydrogens is 663 g/mol. The van der Waals surface area contributed by atoms with Gasteiger partial charge in [-0.2, -0.15) is 0 Å². The van der Waals surface area contributed by atoms with Crippen LogP contribution in [0.1, 0.15) is 42.6 Å². The normalized spacial score (nSPS) is 14.1. The van der Waals surface area contributed by atoms with E-state index in [1.54, 1.807) is 39.0 Å². The molecule has 13 heteroatoms. The van der Waals surface area contributed by atoms with E-state index >= 15 is 0 Å². The van der Waals surface area contributed by atoms with Crippen molar-refractivity contribution in [3.8, 4) is 45.4 Å². The van der Waals surface area contributed by atoms with Gasteiger partial charge < -0.3 is 20.1 Å². The minimum atomic E-state index is 0.123. The monoisotopic (exact) mass is 698 g/mol. The molecule has 1 aliphatic heterocycles. The van der Waals surface area contributed by atoms with E-state index in [0.29, 0.717) is 69.4 Å². The largest absolute Gasteiger partial charge is 0.480 e. The second-order valence-electron chi connectivity index (χ2n) is 11.6. The molecule has 1 aliphatic rings. The van der Waals surface area contributed by atoms with Crippen molar-refractivity contribution >= 4 is 29.1 Å². The van der Waals surface area contributed by atoms with E-state index < -0.39 is 0 Å². The second-order valence-corrected chi connectivity index (χ2v) is 12.4. The van der Waals surface area contributed by atoms with Crippen molar-refractivity contribution in [3.63, 3.8) is 0 Å². The van der Waals surface area contributed by atoms with Crippen molar-refractivity contribution in [3.05, 3.63) is 94.5 Å². The van der Waals surface area contributed by atoms with Crippen LogP contribution in [0, 0.1) is 0 Å². The first-order valence-corrected chi connectivity index (χ1v) is 16.8. The number of hydrogen-bond acceptors (Lipinski definition) is 10. The topological polar surface area (TPSA) is 137 Å². The predicted octanol–water partition coefficient (Wildman–Crippen LogP) is 6.32. The molecule has 5 aromatic rings. The van der Waals surface area contributed by atoms with Gasteiger partial charge in [0.2, 0.25) is 17.7 Å². The summed E-state index contributed by atoms with van der Waals surface area (Å²) in [5.74, 6) is 0.986. The zero-order valence-electron chi connectivity index (χ0n) is 27.2. The molecule has 3 aromatic heterocycles. The molecule has 1 saturated heterocycles. The van der Waals surface area contributed by atoms with E-state index in [1.807, 2.05) is 36.4 Å². The number of hydrogen-bond donors (Lipinski definition) is 2. The lowest BCUT2D eigenvalue weighted by atomic mass is 9.98. The molecule has 252 valence electrons.